The van der Waals surface area contributed by atoms with Gasteiger partial charge in [0.15, 0.2) is 6.29 Å². The normalized spacial score (nSPS) is 13.7. The summed E-state index contributed by atoms with van der Waals surface area (Å²) in [7, 11) is -0.747. The van der Waals surface area contributed by atoms with Gasteiger partial charge in [-0.25, -0.2) is 4.98 Å². The largest absolute Gasteiger partial charge is 0.464 e. The number of halogens is 2. The number of aromatic nitrogens is 2. The van der Waals surface area contributed by atoms with E-state index in [4.69, 9.17) is 22.1 Å². The van der Waals surface area contributed by atoms with Gasteiger partial charge in [0.25, 0.3) is 10.0 Å². The number of aliphatic hydroxyl groups excluding tert-OH is 1. The standard InChI is InChI=1S/C18H24BrClN6O4S/c1-11(24-17-13(19)9-22-18(20)25-17)4-7-16(27)30-14-8-12(21)5-6-15(14)31(28,29)23-10-26(2)3/h5-6,8-11,16,27H,4,7,21H2,1-3H3,(H,22,24,25)/t11?,16-/m0/s1. The van der Waals surface area contributed by atoms with Gasteiger partial charge in [-0.3, -0.25) is 0 Å². The number of nitrogens with two attached hydrogens (primary N) is 1. The fourth-order valence-corrected chi connectivity index (χ4v) is 3.86. The Morgan fingerprint density at radius 2 is 2.13 bits per heavy atom. The van der Waals surface area contributed by atoms with Gasteiger partial charge in [-0.2, -0.15) is 13.4 Å². The third kappa shape index (κ3) is 7.80. The zero-order valence-electron chi connectivity index (χ0n) is 17.2. The smallest absolute Gasteiger partial charge is 0.287 e. The average molecular weight is 536 g/mol. The van der Waals surface area contributed by atoms with Crippen LogP contribution in [0.4, 0.5) is 11.5 Å². The minimum Gasteiger partial charge on any atom is -0.464 e. The molecule has 0 spiro atoms. The van der Waals surface area contributed by atoms with Crippen molar-refractivity contribution >= 4 is 55.4 Å². The number of nitrogens with one attached hydrogen (secondary N) is 1. The van der Waals surface area contributed by atoms with Crippen LogP contribution in [0.2, 0.25) is 5.28 Å². The van der Waals surface area contributed by atoms with Crippen molar-refractivity contribution in [1.82, 2.24) is 14.9 Å². The number of sulfonamides is 1. The first-order valence-corrected chi connectivity index (χ1v) is 11.7. The van der Waals surface area contributed by atoms with E-state index in [-0.39, 0.29) is 28.4 Å². The summed E-state index contributed by atoms with van der Waals surface area (Å²) in [5.74, 6) is 0.445. The number of nitrogen functional groups attached to an aromatic ring is 1. The second-order valence-corrected chi connectivity index (χ2v) is 9.69. The van der Waals surface area contributed by atoms with E-state index in [1.54, 1.807) is 14.1 Å². The van der Waals surface area contributed by atoms with E-state index in [0.29, 0.717) is 22.4 Å². The summed E-state index contributed by atoms with van der Waals surface area (Å²) in [6.45, 7) is 1.89. The molecule has 31 heavy (non-hydrogen) atoms. The Morgan fingerprint density at radius 3 is 2.81 bits per heavy atom. The van der Waals surface area contributed by atoms with Crippen molar-refractivity contribution in [3.05, 3.63) is 34.2 Å². The molecular weight excluding hydrogens is 512 g/mol. The van der Waals surface area contributed by atoms with Crippen LogP contribution in [0.25, 0.3) is 0 Å². The summed E-state index contributed by atoms with van der Waals surface area (Å²) in [4.78, 5) is 9.25. The Morgan fingerprint density at radius 1 is 1.42 bits per heavy atom. The van der Waals surface area contributed by atoms with Gasteiger partial charge in [-0.05, 0) is 53.0 Å². The van der Waals surface area contributed by atoms with E-state index in [0.717, 1.165) is 6.34 Å². The summed E-state index contributed by atoms with van der Waals surface area (Å²) in [5, 5.41) is 13.6. The minimum atomic E-state index is -4.04. The lowest BCUT2D eigenvalue weighted by atomic mass is 10.2. The van der Waals surface area contributed by atoms with Crippen LogP contribution in [-0.2, 0) is 10.0 Å². The minimum absolute atomic E-state index is 0.0747. The molecule has 1 heterocycles. The Kier molecular flexibility index (Phi) is 8.86. The molecule has 2 aromatic rings. The highest BCUT2D eigenvalue weighted by atomic mass is 79.9. The number of aliphatic hydroxyl groups is 1. The van der Waals surface area contributed by atoms with Crippen molar-refractivity contribution in [1.29, 1.82) is 0 Å². The predicted molar refractivity (Wildman–Crippen MR) is 124 cm³/mol. The van der Waals surface area contributed by atoms with E-state index in [9.17, 15) is 13.5 Å². The Hall–Kier alpha value is -2.15. The van der Waals surface area contributed by atoms with Gasteiger partial charge in [0, 0.05) is 44.5 Å². The molecule has 0 amide bonds. The molecule has 2 rings (SSSR count). The van der Waals surface area contributed by atoms with Gasteiger partial charge in [0.2, 0.25) is 5.28 Å². The Labute approximate surface area is 194 Å². The van der Waals surface area contributed by atoms with Gasteiger partial charge in [-0.1, -0.05) is 0 Å². The highest BCUT2D eigenvalue weighted by Gasteiger charge is 2.21. The van der Waals surface area contributed by atoms with Gasteiger partial charge in [0.05, 0.1) is 4.47 Å². The quantitative estimate of drug-likeness (QED) is 0.137. The van der Waals surface area contributed by atoms with Crippen LogP contribution in [0.3, 0.4) is 0 Å². The van der Waals surface area contributed by atoms with Crippen molar-refractivity contribution in [3.63, 3.8) is 0 Å². The van der Waals surface area contributed by atoms with Gasteiger partial charge >= 0.3 is 0 Å². The van der Waals surface area contributed by atoms with Crippen LogP contribution >= 0.6 is 27.5 Å². The molecule has 0 fully saturated rings. The van der Waals surface area contributed by atoms with E-state index < -0.39 is 16.3 Å². The lowest BCUT2D eigenvalue weighted by Crippen LogP contribution is -2.23. The molecule has 0 saturated carbocycles. The van der Waals surface area contributed by atoms with Gasteiger partial charge in [0.1, 0.15) is 22.8 Å². The first kappa shape index (κ1) is 25.1. The summed E-state index contributed by atoms with van der Waals surface area (Å²) in [6.07, 6.45) is 2.12. The maximum atomic E-state index is 12.5. The van der Waals surface area contributed by atoms with Crippen molar-refractivity contribution < 1.29 is 18.3 Å². The SMILES string of the molecule is CC(CC[C@@H](O)Oc1cc(N)ccc1S(=O)(=O)N=CN(C)C)Nc1nc(Cl)ncc1Br. The molecule has 1 unspecified atom stereocenters. The molecule has 0 bridgehead atoms. The van der Waals surface area contributed by atoms with Crippen molar-refractivity contribution in [2.24, 2.45) is 4.40 Å². The fourth-order valence-electron chi connectivity index (χ4n) is 2.39. The monoisotopic (exact) mass is 534 g/mol. The summed E-state index contributed by atoms with van der Waals surface area (Å²) in [5.41, 5.74) is 6.05. The molecule has 4 N–H and O–H groups in total. The van der Waals surface area contributed by atoms with Crippen molar-refractivity contribution in [3.8, 4) is 5.75 Å². The maximum absolute atomic E-state index is 12.5. The summed E-state index contributed by atoms with van der Waals surface area (Å²) in [6, 6.07) is 3.95. The molecule has 2 atom stereocenters. The van der Waals surface area contributed by atoms with Gasteiger partial charge < -0.3 is 25.8 Å². The number of rotatable bonds is 10. The number of nitrogens with zero attached hydrogens (tertiary/aromatic N) is 4. The zero-order chi connectivity index (χ0) is 23.2. The number of hydrogen-bond donors (Lipinski definition) is 3. The summed E-state index contributed by atoms with van der Waals surface area (Å²) >= 11 is 9.14. The topological polar surface area (TPSA) is 143 Å². The molecule has 13 heteroatoms. The number of anilines is 2. The van der Waals surface area contributed by atoms with E-state index in [1.165, 1.54) is 29.3 Å². The second kappa shape index (κ2) is 10.9. The van der Waals surface area contributed by atoms with Crippen molar-refractivity contribution in [2.45, 2.75) is 37.0 Å². The molecule has 0 aliphatic rings. The molecule has 0 radical (unpaired) electrons. The van der Waals surface area contributed by atoms with Crippen LogP contribution in [0, 0.1) is 0 Å². The number of benzene rings is 1. The van der Waals surface area contributed by atoms with Crippen LogP contribution in [0.15, 0.2) is 38.2 Å². The first-order valence-electron chi connectivity index (χ1n) is 9.13. The third-order valence-corrected chi connectivity index (χ3v) is 5.90. The van der Waals surface area contributed by atoms with Gasteiger partial charge in [-0.15, -0.1) is 4.40 Å². The molecule has 1 aromatic heterocycles. The fraction of sp³-hybridized carbons (Fsp3) is 0.389. The third-order valence-electron chi connectivity index (χ3n) is 3.87. The van der Waals surface area contributed by atoms with E-state index in [1.807, 2.05) is 6.92 Å². The van der Waals surface area contributed by atoms with Crippen molar-refractivity contribution in [2.75, 3.05) is 25.1 Å². The lowest BCUT2D eigenvalue weighted by Gasteiger charge is -2.19. The number of ether oxygens (including phenoxy) is 1. The Balaban J connectivity index is 2.05. The molecule has 0 aliphatic heterocycles. The molecule has 1 aromatic carbocycles. The second-order valence-electron chi connectivity index (χ2n) is 6.90. The molecule has 170 valence electrons. The molecule has 0 aliphatic carbocycles. The zero-order valence-corrected chi connectivity index (χ0v) is 20.3. The Bertz CT molecular complexity index is 1040. The lowest BCUT2D eigenvalue weighted by molar-refractivity contribution is -0.0266. The van der Waals surface area contributed by atoms with E-state index >= 15 is 0 Å². The van der Waals surface area contributed by atoms with Crippen LogP contribution in [0.5, 0.6) is 5.75 Å². The molecule has 0 saturated heterocycles. The van der Waals surface area contributed by atoms with Crippen LogP contribution in [-0.4, -0.2) is 61.2 Å². The number of hydrogen-bond acceptors (Lipinski definition) is 8. The van der Waals surface area contributed by atoms with E-state index in [2.05, 4.69) is 35.6 Å². The maximum Gasteiger partial charge on any atom is 0.287 e. The highest BCUT2D eigenvalue weighted by molar-refractivity contribution is 9.10. The van der Waals surface area contributed by atoms with Crippen LogP contribution < -0.4 is 15.8 Å². The highest BCUT2D eigenvalue weighted by Crippen LogP contribution is 2.29. The summed E-state index contributed by atoms with van der Waals surface area (Å²) < 4.78 is 34.8. The predicted octanol–water partition coefficient (Wildman–Crippen LogP) is 2.73. The molecular formula is C18H24BrClN6O4S. The van der Waals surface area contributed by atoms with Crippen LogP contribution in [0.1, 0.15) is 19.8 Å². The molecule has 10 nitrogen and oxygen atoms in total. The average Bonchev–Trinajstić information content (AvgIpc) is 2.67. The first-order chi connectivity index (χ1) is 14.5.